The van der Waals surface area contributed by atoms with Crippen molar-refractivity contribution in [1.29, 1.82) is 0 Å². The summed E-state index contributed by atoms with van der Waals surface area (Å²) in [6.07, 6.45) is 1.07. The molecule has 0 radical (unpaired) electrons. The van der Waals surface area contributed by atoms with Gasteiger partial charge in [0.2, 0.25) is 0 Å². The number of alkyl halides is 5. The molecular weight excluding hydrogens is 709 g/mol. The van der Waals surface area contributed by atoms with Gasteiger partial charge in [-0.3, -0.25) is 0 Å². The maximum Gasteiger partial charge on any atom is 0.573 e. The van der Waals surface area contributed by atoms with Crippen molar-refractivity contribution in [2.24, 2.45) is 5.92 Å². The third-order valence-corrected chi connectivity index (χ3v) is 9.38. The van der Waals surface area contributed by atoms with Gasteiger partial charge in [0.15, 0.2) is 11.6 Å². The van der Waals surface area contributed by atoms with Crippen LogP contribution in [-0.2, 0) is 6.11 Å². The SMILES string of the molecule is CCCCCCCC1CCC(c2ccc(-c3cc(F)c(-c4cc(F)c(C(F)(F)Oc5ccc(OC(F)(F)F)c(F)c5)c(F)c4)c(F)c3)c(F)c2)CC1. The van der Waals surface area contributed by atoms with E-state index in [1.54, 1.807) is 6.07 Å². The summed E-state index contributed by atoms with van der Waals surface area (Å²) in [6.45, 7) is 2.18. The molecule has 1 aliphatic carbocycles. The van der Waals surface area contributed by atoms with E-state index >= 15 is 13.2 Å². The van der Waals surface area contributed by atoms with Crippen molar-refractivity contribution in [1.82, 2.24) is 0 Å². The van der Waals surface area contributed by atoms with Crippen LogP contribution in [0, 0.1) is 40.8 Å². The van der Waals surface area contributed by atoms with Crippen LogP contribution in [0.1, 0.15) is 88.2 Å². The minimum atomic E-state index is -5.30. The van der Waals surface area contributed by atoms with Crippen LogP contribution in [0.25, 0.3) is 22.3 Å². The lowest BCUT2D eigenvalue weighted by atomic mass is 9.77. The van der Waals surface area contributed by atoms with Gasteiger partial charge in [-0.1, -0.05) is 57.6 Å². The number of halogens is 11. The first kappa shape index (κ1) is 38.9. The van der Waals surface area contributed by atoms with Crippen molar-refractivity contribution in [2.75, 3.05) is 0 Å². The van der Waals surface area contributed by atoms with Crippen LogP contribution >= 0.6 is 0 Å². The fraction of sp³-hybridized carbons (Fsp3) is 0.385. The molecule has 0 spiro atoms. The van der Waals surface area contributed by atoms with E-state index < -0.39 is 75.6 Å². The zero-order chi connectivity index (χ0) is 37.8. The highest BCUT2D eigenvalue weighted by Crippen LogP contribution is 2.42. The number of benzene rings is 4. The van der Waals surface area contributed by atoms with Crippen LogP contribution in [-0.4, -0.2) is 6.36 Å². The van der Waals surface area contributed by atoms with Gasteiger partial charge in [0.05, 0.1) is 5.56 Å². The van der Waals surface area contributed by atoms with Gasteiger partial charge in [0.1, 0.15) is 40.4 Å². The average Bonchev–Trinajstić information content (AvgIpc) is 3.04. The number of hydrogen-bond acceptors (Lipinski definition) is 2. The van der Waals surface area contributed by atoms with Crippen molar-refractivity contribution < 1.29 is 57.8 Å². The molecule has 280 valence electrons. The average molecular weight is 745 g/mol. The minimum absolute atomic E-state index is 0.0732. The summed E-state index contributed by atoms with van der Waals surface area (Å²) >= 11 is 0. The second-order valence-electron chi connectivity index (χ2n) is 13.0. The van der Waals surface area contributed by atoms with Gasteiger partial charge < -0.3 is 9.47 Å². The topological polar surface area (TPSA) is 18.5 Å². The number of unbranched alkanes of at least 4 members (excludes halogenated alkanes) is 4. The Morgan fingerprint density at radius 2 is 1.21 bits per heavy atom. The first-order valence-electron chi connectivity index (χ1n) is 17.0. The van der Waals surface area contributed by atoms with Crippen LogP contribution in [0.5, 0.6) is 11.5 Å². The summed E-state index contributed by atoms with van der Waals surface area (Å²) in [4.78, 5) is 0. The zero-order valence-corrected chi connectivity index (χ0v) is 28.0. The van der Waals surface area contributed by atoms with Gasteiger partial charge in [-0.25, -0.2) is 26.3 Å². The first-order valence-corrected chi connectivity index (χ1v) is 17.0. The molecule has 0 N–H and O–H groups in total. The van der Waals surface area contributed by atoms with Crippen molar-refractivity contribution >= 4 is 0 Å². The third-order valence-electron chi connectivity index (χ3n) is 9.38. The Morgan fingerprint density at radius 1 is 0.596 bits per heavy atom. The Kier molecular flexibility index (Phi) is 12.1. The van der Waals surface area contributed by atoms with Crippen molar-refractivity contribution in [2.45, 2.75) is 89.5 Å². The molecule has 2 nitrogen and oxygen atoms in total. The van der Waals surface area contributed by atoms with E-state index in [-0.39, 0.29) is 35.2 Å². The molecule has 1 saturated carbocycles. The van der Waals surface area contributed by atoms with E-state index in [0.717, 1.165) is 43.4 Å². The standard InChI is InChI=1S/C39H35F11O2/c1-2-3-4-5-6-7-22-8-10-23(11-9-22)24-12-14-28(29(40)16-24)25-17-31(42)36(32(43)18-25)26-19-33(44)37(34(45)20-26)38(46,47)51-27-13-15-35(30(41)21-27)52-39(48,49)50/h12-23H,2-11H2,1H3. The van der Waals surface area contributed by atoms with Gasteiger partial charge in [-0.2, -0.15) is 8.78 Å². The van der Waals surface area contributed by atoms with E-state index in [1.165, 1.54) is 50.7 Å². The molecule has 0 unspecified atom stereocenters. The van der Waals surface area contributed by atoms with Crippen molar-refractivity contribution in [3.8, 4) is 33.8 Å². The molecule has 0 aromatic heterocycles. The Morgan fingerprint density at radius 3 is 1.79 bits per heavy atom. The molecular formula is C39H35F11O2. The molecule has 13 heteroatoms. The van der Waals surface area contributed by atoms with E-state index in [9.17, 15) is 35.1 Å². The lowest BCUT2D eigenvalue weighted by Gasteiger charge is -2.29. The van der Waals surface area contributed by atoms with Crippen molar-refractivity contribution in [3.05, 3.63) is 107 Å². The Bertz CT molecular complexity index is 1820. The molecule has 4 aromatic rings. The summed E-state index contributed by atoms with van der Waals surface area (Å²) in [5.74, 6) is -10.9. The van der Waals surface area contributed by atoms with Gasteiger partial charge in [-0.05, 0) is 96.7 Å². The Hall–Kier alpha value is -4.29. The summed E-state index contributed by atoms with van der Waals surface area (Å²) < 4.78 is 164. The van der Waals surface area contributed by atoms with Gasteiger partial charge in [0.25, 0.3) is 0 Å². The lowest BCUT2D eigenvalue weighted by Crippen LogP contribution is -2.25. The third kappa shape index (κ3) is 9.38. The number of rotatable bonds is 13. The Balaban J connectivity index is 1.30. The normalized spacial score (nSPS) is 16.6. The quantitative estimate of drug-likeness (QED) is 0.100. The van der Waals surface area contributed by atoms with E-state index in [4.69, 9.17) is 0 Å². The van der Waals surface area contributed by atoms with E-state index in [0.29, 0.717) is 18.1 Å². The smallest absolute Gasteiger partial charge is 0.429 e. The second-order valence-corrected chi connectivity index (χ2v) is 13.0. The summed E-state index contributed by atoms with van der Waals surface area (Å²) in [7, 11) is 0. The summed E-state index contributed by atoms with van der Waals surface area (Å²) in [6, 6.07) is 7.23. The number of hydrogen-bond donors (Lipinski definition) is 0. The first-order chi connectivity index (χ1) is 24.6. The molecule has 5 rings (SSSR count). The number of ether oxygens (including phenoxy) is 2. The molecule has 0 aliphatic heterocycles. The highest BCUT2D eigenvalue weighted by Gasteiger charge is 2.42. The van der Waals surface area contributed by atoms with Crippen LogP contribution in [0.3, 0.4) is 0 Å². The summed E-state index contributed by atoms with van der Waals surface area (Å²) in [5.41, 5.74) is -3.37. The van der Waals surface area contributed by atoms with Gasteiger partial charge in [-0.15, -0.1) is 13.2 Å². The van der Waals surface area contributed by atoms with E-state index in [1.807, 2.05) is 0 Å². The molecule has 0 atom stereocenters. The largest absolute Gasteiger partial charge is 0.573 e. The predicted octanol–water partition coefficient (Wildman–Crippen LogP) is 13.5. The molecule has 4 aromatic carbocycles. The molecule has 0 heterocycles. The Labute approximate surface area is 293 Å². The molecule has 1 aliphatic rings. The van der Waals surface area contributed by atoms with Crippen LogP contribution in [0.2, 0.25) is 0 Å². The fourth-order valence-corrected chi connectivity index (χ4v) is 6.79. The van der Waals surface area contributed by atoms with Crippen molar-refractivity contribution in [3.63, 3.8) is 0 Å². The molecule has 52 heavy (non-hydrogen) atoms. The molecule has 0 bridgehead atoms. The fourth-order valence-electron chi connectivity index (χ4n) is 6.79. The maximum atomic E-state index is 15.3. The van der Waals surface area contributed by atoms with Gasteiger partial charge >= 0.3 is 12.5 Å². The summed E-state index contributed by atoms with van der Waals surface area (Å²) in [5, 5.41) is 0. The van der Waals surface area contributed by atoms with E-state index in [2.05, 4.69) is 16.4 Å². The second kappa shape index (κ2) is 16.2. The lowest BCUT2D eigenvalue weighted by molar-refractivity contribution is -0.275. The zero-order valence-electron chi connectivity index (χ0n) is 28.0. The highest BCUT2D eigenvalue weighted by atomic mass is 19.4. The maximum absolute atomic E-state index is 15.3. The molecule has 0 saturated heterocycles. The van der Waals surface area contributed by atoms with Crippen LogP contribution < -0.4 is 9.47 Å². The monoisotopic (exact) mass is 744 g/mol. The minimum Gasteiger partial charge on any atom is -0.429 e. The molecule has 1 fully saturated rings. The van der Waals surface area contributed by atoms with Crippen LogP contribution in [0.15, 0.2) is 60.7 Å². The van der Waals surface area contributed by atoms with Crippen LogP contribution in [0.4, 0.5) is 48.3 Å². The highest BCUT2D eigenvalue weighted by molar-refractivity contribution is 5.72. The molecule has 0 amide bonds. The van der Waals surface area contributed by atoms with Gasteiger partial charge in [0, 0.05) is 11.6 Å². The predicted molar refractivity (Wildman–Crippen MR) is 173 cm³/mol.